The molecule has 1 aliphatic carbocycles. The van der Waals surface area contributed by atoms with Gasteiger partial charge in [0.2, 0.25) is 0 Å². The molecule has 3 unspecified atom stereocenters. The maximum Gasteiger partial charge on any atom is 0.364 e. The lowest BCUT2D eigenvalue weighted by Crippen LogP contribution is -2.53. The van der Waals surface area contributed by atoms with Crippen LogP contribution in [-0.2, 0) is 9.47 Å². The van der Waals surface area contributed by atoms with E-state index in [-0.39, 0.29) is 28.5 Å². The molecule has 35 heavy (non-hydrogen) atoms. The molecule has 3 atom stereocenters. The monoisotopic (exact) mass is 478 g/mol. The van der Waals surface area contributed by atoms with E-state index in [1.54, 1.807) is 62.9 Å². The Hall–Kier alpha value is -3.20. The van der Waals surface area contributed by atoms with Crippen molar-refractivity contribution in [3.63, 3.8) is 0 Å². The van der Waals surface area contributed by atoms with E-state index in [1.807, 2.05) is 0 Å². The highest BCUT2D eigenvalue weighted by molar-refractivity contribution is 6.06. The van der Waals surface area contributed by atoms with Crippen molar-refractivity contribution < 1.29 is 28.9 Å². The molecule has 1 amide bonds. The van der Waals surface area contributed by atoms with E-state index in [0.29, 0.717) is 16.7 Å². The van der Waals surface area contributed by atoms with Crippen LogP contribution in [0.25, 0.3) is 11.0 Å². The van der Waals surface area contributed by atoms with Gasteiger partial charge >= 0.3 is 5.63 Å². The van der Waals surface area contributed by atoms with Gasteiger partial charge in [0.15, 0.2) is 11.4 Å². The number of aliphatic hydroxyl groups excluding tert-OH is 1. The Kier molecular flexibility index (Phi) is 6.13. The first-order valence-corrected chi connectivity index (χ1v) is 11.7. The topological polar surface area (TPSA) is 118 Å². The quantitative estimate of drug-likeness (QED) is 0.485. The Morgan fingerprint density at radius 1 is 1.14 bits per heavy atom. The van der Waals surface area contributed by atoms with E-state index >= 15 is 0 Å². The number of aromatic hydroxyl groups is 1. The average molecular weight is 479 g/mol. The molecule has 3 N–H and O–H groups in total. The molecule has 8 nitrogen and oxygen atoms in total. The first-order chi connectivity index (χ1) is 16.8. The molecule has 2 aromatic carbocycles. The lowest BCUT2D eigenvalue weighted by atomic mass is 9.83. The fraction of sp³-hybridized carbons (Fsp3) is 0.370. The van der Waals surface area contributed by atoms with Gasteiger partial charge in [-0.1, -0.05) is 37.1 Å². The van der Waals surface area contributed by atoms with Crippen molar-refractivity contribution in [2.45, 2.75) is 56.5 Å². The van der Waals surface area contributed by atoms with Crippen LogP contribution in [-0.4, -0.2) is 41.0 Å². The number of anilines is 1. The van der Waals surface area contributed by atoms with Crippen molar-refractivity contribution in [2.75, 3.05) is 12.4 Å². The molecular formula is C27H28NO7. The summed E-state index contributed by atoms with van der Waals surface area (Å²) in [5, 5.41) is 24.5. The number of aryl methyl sites for hydroxylation is 1. The minimum atomic E-state index is -0.924. The number of amides is 1. The van der Waals surface area contributed by atoms with E-state index in [1.165, 1.54) is 0 Å². The van der Waals surface area contributed by atoms with Crippen LogP contribution in [0.15, 0.2) is 51.7 Å². The van der Waals surface area contributed by atoms with Gasteiger partial charge in [-0.3, -0.25) is 4.79 Å². The van der Waals surface area contributed by atoms with Gasteiger partial charge in [-0.15, -0.1) is 0 Å². The normalized spacial score (nSPS) is 23.6. The molecule has 2 heterocycles. The van der Waals surface area contributed by atoms with Gasteiger partial charge in [0, 0.05) is 19.1 Å². The van der Waals surface area contributed by atoms with E-state index in [0.717, 1.165) is 25.7 Å². The molecule has 1 aromatic heterocycles. The molecular weight excluding hydrogens is 450 g/mol. The third-order valence-electron chi connectivity index (χ3n) is 7.19. The first-order valence-electron chi connectivity index (χ1n) is 11.7. The highest BCUT2D eigenvalue weighted by Crippen LogP contribution is 2.48. The molecule has 2 aliphatic rings. The van der Waals surface area contributed by atoms with Crippen molar-refractivity contribution >= 4 is 22.6 Å². The third kappa shape index (κ3) is 4.01. The fourth-order valence-corrected chi connectivity index (χ4v) is 5.36. The predicted molar refractivity (Wildman–Crippen MR) is 129 cm³/mol. The Morgan fingerprint density at radius 2 is 1.86 bits per heavy atom. The fourth-order valence-electron chi connectivity index (χ4n) is 5.36. The summed E-state index contributed by atoms with van der Waals surface area (Å²) in [6, 6.07) is 11.7. The Morgan fingerprint density at radius 3 is 2.54 bits per heavy atom. The van der Waals surface area contributed by atoms with Crippen LogP contribution in [0.4, 0.5) is 5.69 Å². The molecule has 1 radical (unpaired) electrons. The van der Waals surface area contributed by atoms with Crippen molar-refractivity contribution in [3.05, 3.63) is 76.0 Å². The van der Waals surface area contributed by atoms with Gasteiger partial charge in [0.05, 0.1) is 23.2 Å². The molecule has 0 bridgehead atoms. The van der Waals surface area contributed by atoms with Crippen LogP contribution in [0.3, 0.4) is 0 Å². The van der Waals surface area contributed by atoms with Gasteiger partial charge in [-0.2, -0.15) is 0 Å². The second-order valence-electron chi connectivity index (χ2n) is 9.24. The number of ether oxygens (including phenoxy) is 2. The van der Waals surface area contributed by atoms with Crippen LogP contribution in [0, 0.1) is 13.3 Å². The number of fused-ring (bicyclic) bond motifs is 1. The van der Waals surface area contributed by atoms with E-state index < -0.39 is 29.3 Å². The highest BCUT2D eigenvalue weighted by Gasteiger charge is 2.51. The van der Waals surface area contributed by atoms with Gasteiger partial charge in [-0.25, -0.2) is 4.79 Å². The molecule has 3 aromatic rings. The number of methoxy groups -OCH3 is 1. The second kappa shape index (κ2) is 9.11. The molecule has 8 heteroatoms. The Labute approximate surface area is 202 Å². The minimum absolute atomic E-state index is 0.174. The zero-order valence-corrected chi connectivity index (χ0v) is 19.6. The molecule has 183 valence electrons. The standard InChI is InChI=1S/C27H28NO7/c1-15-17(24-19(29)14-20(33-2)27(35-24)12-6-7-13-27)10-11-18-22(30)21(26(32)34-23(15)18)28-25(31)16-8-4-3-5-9-16/h3-5,8-11,14,19-20,24,29-30H,6-7,12-13H2,1-2H3,(H,28,31). The third-order valence-corrected chi connectivity index (χ3v) is 7.19. The van der Waals surface area contributed by atoms with Gasteiger partial charge < -0.3 is 29.4 Å². The summed E-state index contributed by atoms with van der Waals surface area (Å²) in [6.07, 6.45) is 3.58. The maximum absolute atomic E-state index is 12.8. The molecule has 1 aliphatic heterocycles. The summed E-state index contributed by atoms with van der Waals surface area (Å²) in [6.45, 7) is 1.75. The number of hydrogen-bond acceptors (Lipinski definition) is 7. The SMILES string of the molecule is COC1[CH]C(O)C(c2ccc3c(O)c(NC(=O)c4ccccc4)c(=O)oc3c2C)OC12CCCC2. The predicted octanol–water partition coefficient (Wildman–Crippen LogP) is 4.02. The van der Waals surface area contributed by atoms with Crippen molar-refractivity contribution in [1.82, 2.24) is 0 Å². The van der Waals surface area contributed by atoms with E-state index in [4.69, 9.17) is 13.9 Å². The molecule has 2 fully saturated rings. The number of aliphatic hydroxyl groups is 1. The van der Waals surface area contributed by atoms with Crippen molar-refractivity contribution in [1.29, 1.82) is 0 Å². The lowest BCUT2D eigenvalue weighted by molar-refractivity contribution is -0.208. The van der Waals surface area contributed by atoms with E-state index in [2.05, 4.69) is 5.32 Å². The summed E-state index contributed by atoms with van der Waals surface area (Å²) in [4.78, 5) is 25.3. The molecule has 5 rings (SSSR count). The second-order valence-corrected chi connectivity index (χ2v) is 9.24. The summed E-state index contributed by atoms with van der Waals surface area (Å²) < 4.78 is 17.7. The van der Waals surface area contributed by atoms with Gasteiger partial charge in [0.1, 0.15) is 11.7 Å². The summed E-state index contributed by atoms with van der Waals surface area (Å²) in [5.74, 6) is -0.914. The minimum Gasteiger partial charge on any atom is -0.505 e. The zero-order chi connectivity index (χ0) is 24.7. The van der Waals surface area contributed by atoms with Crippen LogP contribution in [0.2, 0.25) is 0 Å². The number of hydrogen-bond donors (Lipinski definition) is 3. The maximum atomic E-state index is 12.8. The largest absolute Gasteiger partial charge is 0.505 e. The number of carbonyl (C=O) groups excluding carboxylic acids is 1. The zero-order valence-electron chi connectivity index (χ0n) is 19.6. The van der Waals surface area contributed by atoms with Crippen LogP contribution in [0.1, 0.15) is 53.3 Å². The summed E-state index contributed by atoms with van der Waals surface area (Å²) in [7, 11) is 1.62. The van der Waals surface area contributed by atoms with Crippen molar-refractivity contribution in [2.24, 2.45) is 0 Å². The van der Waals surface area contributed by atoms with Gasteiger partial charge in [0.25, 0.3) is 5.91 Å². The molecule has 1 saturated carbocycles. The van der Waals surface area contributed by atoms with Crippen molar-refractivity contribution in [3.8, 4) is 5.75 Å². The first kappa shape index (κ1) is 23.5. The van der Waals surface area contributed by atoms with E-state index in [9.17, 15) is 19.8 Å². The number of nitrogens with one attached hydrogen (secondary N) is 1. The number of carbonyl (C=O) groups is 1. The molecule has 1 spiro atoms. The highest BCUT2D eigenvalue weighted by atomic mass is 16.6. The smallest absolute Gasteiger partial charge is 0.364 e. The average Bonchev–Trinajstić information content (AvgIpc) is 3.33. The van der Waals surface area contributed by atoms with Gasteiger partial charge in [-0.05, 0) is 49.1 Å². The number of benzene rings is 2. The number of rotatable bonds is 4. The Balaban J connectivity index is 1.51. The molecule has 1 saturated heterocycles. The van der Waals surface area contributed by atoms with Crippen LogP contribution >= 0.6 is 0 Å². The lowest BCUT2D eigenvalue weighted by Gasteiger charge is -2.46. The van der Waals surface area contributed by atoms with Crippen LogP contribution in [0.5, 0.6) is 5.75 Å². The Bertz CT molecular complexity index is 1310. The summed E-state index contributed by atoms with van der Waals surface area (Å²) >= 11 is 0. The summed E-state index contributed by atoms with van der Waals surface area (Å²) in [5.41, 5.74) is 0.0365. The van der Waals surface area contributed by atoms with Crippen LogP contribution < -0.4 is 10.9 Å².